The Bertz CT molecular complexity index is 703. The van der Waals surface area contributed by atoms with Crippen LogP contribution in [0.1, 0.15) is 50.5 Å². The van der Waals surface area contributed by atoms with Crippen molar-refractivity contribution < 1.29 is 23.9 Å². The number of carbonyl (C=O) groups excluding carboxylic acids is 2. The second-order valence-corrected chi connectivity index (χ2v) is 6.44. The van der Waals surface area contributed by atoms with Gasteiger partial charge in [0.1, 0.15) is 11.5 Å². The third-order valence-corrected chi connectivity index (χ3v) is 4.22. The van der Waals surface area contributed by atoms with Crippen LogP contribution in [0, 0.1) is 5.82 Å². The number of benzene rings is 1. The SMILES string of the molecule is O=C(O)CCCCCCNC(=O)C1=NN(Cc2ccc(F)cc2)C(=O)CC1. The number of nitrogens with zero attached hydrogens (tertiary/aromatic N) is 2. The van der Waals surface area contributed by atoms with Crippen LogP contribution in [0.2, 0.25) is 0 Å². The minimum absolute atomic E-state index is 0.168. The Kier molecular flexibility index (Phi) is 7.91. The van der Waals surface area contributed by atoms with Gasteiger partial charge in [0.05, 0.1) is 6.54 Å². The molecule has 1 aromatic carbocycles. The minimum Gasteiger partial charge on any atom is -0.481 e. The molecule has 0 fully saturated rings. The summed E-state index contributed by atoms with van der Waals surface area (Å²) in [6, 6.07) is 5.79. The van der Waals surface area contributed by atoms with E-state index in [1.807, 2.05) is 0 Å². The first-order valence-electron chi connectivity index (χ1n) is 9.08. The van der Waals surface area contributed by atoms with Gasteiger partial charge in [-0.1, -0.05) is 25.0 Å². The maximum Gasteiger partial charge on any atom is 0.303 e. The molecular weight excluding hydrogens is 353 g/mol. The molecule has 27 heavy (non-hydrogen) atoms. The number of rotatable bonds is 10. The van der Waals surface area contributed by atoms with Gasteiger partial charge in [0.15, 0.2) is 0 Å². The summed E-state index contributed by atoms with van der Waals surface area (Å²) in [5, 5.41) is 16.8. The van der Waals surface area contributed by atoms with Crippen LogP contribution in [0.25, 0.3) is 0 Å². The molecule has 0 radical (unpaired) electrons. The van der Waals surface area contributed by atoms with E-state index in [1.54, 1.807) is 12.1 Å². The molecule has 2 N–H and O–H groups in total. The van der Waals surface area contributed by atoms with Crippen molar-refractivity contribution in [2.45, 2.75) is 51.5 Å². The van der Waals surface area contributed by atoms with Gasteiger partial charge in [-0.2, -0.15) is 5.10 Å². The fraction of sp³-hybridized carbons (Fsp3) is 0.474. The molecule has 2 rings (SSSR count). The van der Waals surface area contributed by atoms with Crippen molar-refractivity contribution in [1.29, 1.82) is 0 Å². The van der Waals surface area contributed by atoms with Crippen molar-refractivity contribution >= 4 is 23.5 Å². The molecular formula is C19H24FN3O4. The van der Waals surface area contributed by atoms with Gasteiger partial charge in [0, 0.05) is 25.8 Å². The summed E-state index contributed by atoms with van der Waals surface area (Å²) in [5.41, 5.74) is 1.04. The zero-order valence-electron chi connectivity index (χ0n) is 15.1. The number of amides is 2. The van der Waals surface area contributed by atoms with Gasteiger partial charge >= 0.3 is 5.97 Å². The summed E-state index contributed by atoms with van der Waals surface area (Å²) in [5.74, 6) is -1.61. The number of aliphatic carboxylic acids is 1. The van der Waals surface area contributed by atoms with Crippen LogP contribution < -0.4 is 5.32 Å². The van der Waals surface area contributed by atoms with Crippen LogP contribution in [-0.4, -0.2) is 40.2 Å². The lowest BCUT2D eigenvalue weighted by molar-refractivity contribution is -0.137. The Morgan fingerprint density at radius 1 is 1.11 bits per heavy atom. The van der Waals surface area contributed by atoms with Crippen LogP contribution in [0.3, 0.4) is 0 Å². The summed E-state index contributed by atoms with van der Waals surface area (Å²) in [6.07, 6.45) is 3.72. The predicted molar refractivity (Wildman–Crippen MR) is 97.3 cm³/mol. The molecule has 0 saturated heterocycles. The van der Waals surface area contributed by atoms with Crippen molar-refractivity contribution in [2.75, 3.05) is 6.54 Å². The predicted octanol–water partition coefficient (Wildman–Crippen LogP) is 2.46. The molecule has 8 heteroatoms. The van der Waals surface area contributed by atoms with E-state index in [4.69, 9.17) is 5.11 Å². The average Bonchev–Trinajstić information content (AvgIpc) is 2.64. The fourth-order valence-corrected chi connectivity index (χ4v) is 2.71. The van der Waals surface area contributed by atoms with Crippen LogP contribution in [0.15, 0.2) is 29.4 Å². The largest absolute Gasteiger partial charge is 0.481 e. The molecule has 1 heterocycles. The van der Waals surface area contributed by atoms with Crippen LogP contribution in [0.5, 0.6) is 0 Å². The summed E-state index contributed by atoms with van der Waals surface area (Å²) in [6.45, 7) is 0.677. The van der Waals surface area contributed by atoms with E-state index in [2.05, 4.69) is 10.4 Å². The number of carboxylic acids is 1. The Labute approximate surface area is 157 Å². The van der Waals surface area contributed by atoms with Gasteiger partial charge < -0.3 is 10.4 Å². The third-order valence-electron chi connectivity index (χ3n) is 4.22. The Morgan fingerprint density at radius 2 is 1.81 bits per heavy atom. The van der Waals surface area contributed by atoms with Gasteiger partial charge in [-0.05, 0) is 30.5 Å². The second kappa shape index (κ2) is 10.4. The number of carboxylic acid groups (broad SMARTS) is 1. The van der Waals surface area contributed by atoms with E-state index in [-0.39, 0.29) is 37.0 Å². The highest BCUT2D eigenvalue weighted by molar-refractivity contribution is 6.39. The van der Waals surface area contributed by atoms with Gasteiger partial charge in [0.2, 0.25) is 5.91 Å². The number of carbonyl (C=O) groups is 3. The van der Waals surface area contributed by atoms with Crippen molar-refractivity contribution in [2.24, 2.45) is 5.10 Å². The summed E-state index contributed by atoms with van der Waals surface area (Å²) in [4.78, 5) is 34.6. The molecule has 7 nitrogen and oxygen atoms in total. The zero-order chi connectivity index (χ0) is 19.6. The molecule has 0 bridgehead atoms. The molecule has 0 unspecified atom stereocenters. The lowest BCUT2D eigenvalue weighted by atomic mass is 10.1. The van der Waals surface area contributed by atoms with Crippen LogP contribution >= 0.6 is 0 Å². The van der Waals surface area contributed by atoms with E-state index in [0.29, 0.717) is 25.1 Å². The number of nitrogens with one attached hydrogen (secondary N) is 1. The molecule has 0 aliphatic carbocycles. The second-order valence-electron chi connectivity index (χ2n) is 6.44. The molecule has 1 aromatic rings. The highest BCUT2D eigenvalue weighted by atomic mass is 19.1. The molecule has 1 aliphatic heterocycles. The third kappa shape index (κ3) is 7.16. The number of hydrogen-bond donors (Lipinski definition) is 2. The summed E-state index contributed by atoms with van der Waals surface area (Å²) < 4.78 is 13.0. The Hall–Kier alpha value is -2.77. The summed E-state index contributed by atoms with van der Waals surface area (Å²) >= 11 is 0. The Morgan fingerprint density at radius 3 is 2.52 bits per heavy atom. The molecule has 2 amide bonds. The first-order valence-corrected chi connectivity index (χ1v) is 9.08. The van der Waals surface area contributed by atoms with Crippen LogP contribution in [-0.2, 0) is 20.9 Å². The van der Waals surface area contributed by atoms with Gasteiger partial charge in [-0.3, -0.25) is 14.4 Å². The molecule has 0 saturated carbocycles. The Balaban J connectivity index is 1.78. The van der Waals surface area contributed by atoms with E-state index >= 15 is 0 Å². The monoisotopic (exact) mass is 377 g/mol. The molecule has 146 valence electrons. The maximum absolute atomic E-state index is 13.0. The quantitative estimate of drug-likeness (QED) is 0.612. The molecule has 0 spiro atoms. The van der Waals surface area contributed by atoms with Gasteiger partial charge in [-0.15, -0.1) is 0 Å². The number of hydrazone groups is 1. The fourth-order valence-electron chi connectivity index (χ4n) is 2.71. The minimum atomic E-state index is -0.793. The first-order chi connectivity index (χ1) is 13.0. The van der Waals surface area contributed by atoms with E-state index in [9.17, 15) is 18.8 Å². The van der Waals surface area contributed by atoms with Gasteiger partial charge in [-0.25, -0.2) is 9.40 Å². The average molecular weight is 377 g/mol. The standard InChI is InChI=1S/C19H24FN3O4/c20-15-8-6-14(7-9-15)13-23-17(24)11-10-16(22-23)19(27)21-12-4-2-1-3-5-18(25)26/h6-9H,1-5,10-13H2,(H,21,27)(H,25,26). The highest BCUT2D eigenvalue weighted by Gasteiger charge is 2.24. The number of halogens is 1. The first kappa shape index (κ1) is 20.5. The highest BCUT2D eigenvalue weighted by Crippen LogP contribution is 2.14. The van der Waals surface area contributed by atoms with Gasteiger partial charge in [0.25, 0.3) is 5.91 Å². The van der Waals surface area contributed by atoms with E-state index < -0.39 is 5.97 Å². The molecule has 0 aromatic heterocycles. The van der Waals surface area contributed by atoms with Crippen molar-refractivity contribution in [3.05, 3.63) is 35.6 Å². The summed E-state index contributed by atoms with van der Waals surface area (Å²) in [7, 11) is 0. The van der Waals surface area contributed by atoms with Crippen molar-refractivity contribution in [3.8, 4) is 0 Å². The van der Waals surface area contributed by atoms with Crippen molar-refractivity contribution in [1.82, 2.24) is 10.3 Å². The molecule has 0 atom stereocenters. The van der Waals surface area contributed by atoms with Crippen molar-refractivity contribution in [3.63, 3.8) is 0 Å². The normalized spacial score (nSPS) is 14.0. The lowest BCUT2D eigenvalue weighted by Gasteiger charge is -2.23. The smallest absolute Gasteiger partial charge is 0.303 e. The van der Waals surface area contributed by atoms with Crippen LogP contribution in [0.4, 0.5) is 4.39 Å². The molecule has 1 aliphatic rings. The lowest BCUT2D eigenvalue weighted by Crippen LogP contribution is -2.39. The number of unbranched alkanes of at least 4 members (excludes halogenated alkanes) is 3. The van der Waals surface area contributed by atoms with E-state index in [0.717, 1.165) is 24.8 Å². The zero-order valence-corrected chi connectivity index (χ0v) is 15.1. The number of hydrogen-bond acceptors (Lipinski definition) is 4. The topological polar surface area (TPSA) is 99.1 Å². The van der Waals surface area contributed by atoms with E-state index in [1.165, 1.54) is 17.1 Å². The maximum atomic E-state index is 13.0.